The van der Waals surface area contributed by atoms with Gasteiger partial charge in [-0.3, -0.25) is 0 Å². The molecule has 24 heavy (non-hydrogen) atoms. The number of hydrogen-bond donors (Lipinski definition) is 0. The van der Waals surface area contributed by atoms with Crippen molar-refractivity contribution in [2.24, 2.45) is 0 Å². The molecule has 0 spiro atoms. The van der Waals surface area contributed by atoms with E-state index in [9.17, 15) is 0 Å². The Balaban J connectivity index is 0.00000208. The molecule has 1 aliphatic heterocycles. The van der Waals surface area contributed by atoms with E-state index in [-0.39, 0.29) is 17.9 Å². The van der Waals surface area contributed by atoms with E-state index in [0.29, 0.717) is 0 Å². The van der Waals surface area contributed by atoms with E-state index in [1.165, 1.54) is 5.56 Å². The molecule has 0 fully saturated rings. The molecule has 1 aliphatic rings. The lowest BCUT2D eigenvalue weighted by Gasteiger charge is -2.15. The standard InChI is InChI=1S/C20H21ClNO.ClH/c1-20(2)18(15-21)23-19(17-11-7-4-8-12-17)22(20)14-13-16-9-5-3-6-10-16;/h3-12,15H,13-14H2,1-2H3;1H/q+1;/p-1. The van der Waals surface area contributed by atoms with Crippen molar-refractivity contribution in [2.75, 3.05) is 6.54 Å². The predicted octanol–water partition coefficient (Wildman–Crippen LogP) is 1.58. The summed E-state index contributed by atoms with van der Waals surface area (Å²) >= 11 is 6.00. The van der Waals surface area contributed by atoms with Crippen molar-refractivity contribution >= 4 is 17.5 Å². The third-order valence-electron chi connectivity index (χ3n) is 4.32. The molecule has 2 aromatic rings. The lowest BCUT2D eigenvalue weighted by atomic mass is 10.0. The van der Waals surface area contributed by atoms with Crippen molar-refractivity contribution in [2.45, 2.75) is 25.8 Å². The monoisotopic (exact) mass is 361 g/mol. The zero-order chi connectivity index (χ0) is 16.3. The molecule has 0 aromatic heterocycles. The van der Waals surface area contributed by atoms with E-state index >= 15 is 0 Å². The summed E-state index contributed by atoms with van der Waals surface area (Å²) in [7, 11) is 0. The van der Waals surface area contributed by atoms with Crippen LogP contribution in [0, 0.1) is 0 Å². The zero-order valence-electron chi connectivity index (χ0n) is 13.9. The summed E-state index contributed by atoms with van der Waals surface area (Å²) in [4.78, 5) is 0. The van der Waals surface area contributed by atoms with E-state index in [1.807, 2.05) is 24.3 Å². The lowest BCUT2D eigenvalue weighted by Crippen LogP contribution is -3.00. The Morgan fingerprint density at radius 1 is 1.00 bits per heavy atom. The van der Waals surface area contributed by atoms with Crippen LogP contribution in [0.3, 0.4) is 0 Å². The summed E-state index contributed by atoms with van der Waals surface area (Å²) < 4.78 is 8.38. The van der Waals surface area contributed by atoms with Crippen molar-refractivity contribution in [3.63, 3.8) is 0 Å². The number of benzene rings is 2. The Bertz CT molecular complexity index is 737. The summed E-state index contributed by atoms with van der Waals surface area (Å²) in [5.74, 6) is 1.66. The maximum absolute atomic E-state index is 6.08. The number of ether oxygens (including phenoxy) is 1. The highest BCUT2D eigenvalue weighted by Crippen LogP contribution is 2.31. The topological polar surface area (TPSA) is 12.2 Å². The van der Waals surface area contributed by atoms with Crippen molar-refractivity contribution in [1.29, 1.82) is 0 Å². The second-order valence-electron chi connectivity index (χ2n) is 6.19. The van der Waals surface area contributed by atoms with Crippen molar-refractivity contribution in [1.82, 2.24) is 0 Å². The van der Waals surface area contributed by atoms with Gasteiger partial charge in [0.25, 0.3) is 0 Å². The molecule has 126 valence electrons. The molecule has 0 bridgehead atoms. The van der Waals surface area contributed by atoms with Crippen LogP contribution in [0.15, 0.2) is 72.0 Å². The maximum Gasteiger partial charge on any atom is 0.376 e. The van der Waals surface area contributed by atoms with Crippen molar-refractivity contribution in [3.05, 3.63) is 83.1 Å². The molecule has 0 unspecified atom stereocenters. The van der Waals surface area contributed by atoms with Crippen LogP contribution in [0.25, 0.3) is 0 Å². The highest BCUT2D eigenvalue weighted by atomic mass is 35.5. The maximum atomic E-state index is 6.08. The fourth-order valence-corrected chi connectivity index (χ4v) is 3.20. The molecule has 0 saturated heterocycles. The molecule has 0 amide bonds. The van der Waals surface area contributed by atoms with E-state index in [1.54, 1.807) is 5.54 Å². The quantitative estimate of drug-likeness (QED) is 0.753. The van der Waals surface area contributed by atoms with Crippen LogP contribution >= 0.6 is 11.6 Å². The molecular formula is C20H21Cl2NO. The number of halogens is 2. The minimum atomic E-state index is -0.262. The first kappa shape index (κ1) is 18.6. The van der Waals surface area contributed by atoms with E-state index in [0.717, 1.165) is 30.2 Å². The molecule has 0 N–H and O–H groups in total. The largest absolute Gasteiger partial charge is 1.00 e. The summed E-state index contributed by atoms with van der Waals surface area (Å²) in [5.41, 5.74) is 3.67. The van der Waals surface area contributed by atoms with Crippen LogP contribution in [0.5, 0.6) is 0 Å². The Morgan fingerprint density at radius 3 is 2.17 bits per heavy atom. The first-order valence-corrected chi connectivity index (χ1v) is 8.29. The Kier molecular flexibility index (Phi) is 6.09. The number of rotatable bonds is 4. The minimum absolute atomic E-state index is 0. The van der Waals surface area contributed by atoms with Gasteiger partial charge in [-0.1, -0.05) is 60.1 Å². The van der Waals surface area contributed by atoms with Gasteiger partial charge in [0.1, 0.15) is 0 Å². The summed E-state index contributed by atoms with van der Waals surface area (Å²) in [6.45, 7) is 5.15. The van der Waals surface area contributed by atoms with E-state index < -0.39 is 0 Å². The molecule has 2 aromatic carbocycles. The second kappa shape index (κ2) is 7.87. The van der Waals surface area contributed by atoms with Crippen LogP contribution in [0.4, 0.5) is 0 Å². The molecule has 0 aliphatic carbocycles. The average molecular weight is 362 g/mol. The predicted molar refractivity (Wildman–Crippen MR) is 94.9 cm³/mol. The van der Waals surface area contributed by atoms with Gasteiger partial charge < -0.3 is 17.1 Å². The summed E-state index contributed by atoms with van der Waals surface area (Å²) in [6.07, 6.45) is 0.958. The van der Waals surface area contributed by atoms with Crippen LogP contribution < -0.4 is 12.4 Å². The smallest absolute Gasteiger partial charge is 0.376 e. The van der Waals surface area contributed by atoms with E-state index in [4.69, 9.17) is 16.3 Å². The van der Waals surface area contributed by atoms with Crippen molar-refractivity contribution < 1.29 is 21.7 Å². The molecule has 0 saturated carbocycles. The molecular weight excluding hydrogens is 341 g/mol. The minimum Gasteiger partial charge on any atom is -1.00 e. The molecule has 4 heteroatoms. The first-order chi connectivity index (χ1) is 11.1. The van der Waals surface area contributed by atoms with Crippen LogP contribution in [0.2, 0.25) is 0 Å². The third-order valence-corrected chi connectivity index (χ3v) is 4.51. The molecule has 3 rings (SSSR count). The lowest BCUT2D eigenvalue weighted by molar-refractivity contribution is -0.583. The van der Waals surface area contributed by atoms with Gasteiger partial charge in [-0.25, -0.2) is 0 Å². The van der Waals surface area contributed by atoms with Gasteiger partial charge in [0.15, 0.2) is 12.3 Å². The van der Waals surface area contributed by atoms with Gasteiger partial charge in [-0.15, -0.1) is 0 Å². The highest BCUT2D eigenvalue weighted by Gasteiger charge is 2.47. The zero-order valence-corrected chi connectivity index (χ0v) is 15.4. The molecule has 0 atom stereocenters. The molecule has 1 heterocycles. The molecule has 0 radical (unpaired) electrons. The Labute approximate surface area is 154 Å². The summed E-state index contributed by atoms with van der Waals surface area (Å²) in [6, 6.07) is 20.7. The van der Waals surface area contributed by atoms with Gasteiger partial charge in [0, 0.05) is 20.3 Å². The highest BCUT2D eigenvalue weighted by molar-refractivity contribution is 6.25. The molecule has 2 nitrogen and oxygen atoms in total. The third kappa shape index (κ3) is 3.66. The van der Waals surface area contributed by atoms with Gasteiger partial charge in [-0.2, -0.15) is 4.58 Å². The van der Waals surface area contributed by atoms with Crippen molar-refractivity contribution in [3.8, 4) is 0 Å². The van der Waals surface area contributed by atoms with Crippen LogP contribution in [-0.2, 0) is 11.2 Å². The normalized spacial score (nSPS) is 17.5. The van der Waals surface area contributed by atoms with Crippen LogP contribution in [0.1, 0.15) is 25.0 Å². The number of hydrogen-bond acceptors (Lipinski definition) is 1. The fraction of sp³-hybridized carbons (Fsp3) is 0.250. The first-order valence-electron chi connectivity index (χ1n) is 7.85. The van der Waals surface area contributed by atoms with Gasteiger partial charge >= 0.3 is 5.90 Å². The van der Waals surface area contributed by atoms with Gasteiger partial charge in [-0.05, 0) is 17.7 Å². The fourth-order valence-electron chi connectivity index (χ4n) is 2.89. The Hall–Kier alpha value is -1.77. The average Bonchev–Trinajstić information content (AvgIpc) is 2.84. The van der Waals surface area contributed by atoms with Gasteiger partial charge in [0.2, 0.25) is 5.54 Å². The van der Waals surface area contributed by atoms with E-state index in [2.05, 4.69) is 54.8 Å². The Morgan fingerprint density at radius 2 is 1.58 bits per heavy atom. The SMILES string of the molecule is CC1(C)C(=CCl)OC(c2ccccc2)=[N+]1CCc1ccccc1.[Cl-]. The van der Waals surface area contributed by atoms with Crippen LogP contribution in [-0.4, -0.2) is 22.6 Å². The second-order valence-corrected chi connectivity index (χ2v) is 6.41. The number of nitrogens with zero attached hydrogens (tertiary/aromatic N) is 1. The summed E-state index contributed by atoms with van der Waals surface area (Å²) in [5, 5.41) is 0. The van der Waals surface area contributed by atoms with Gasteiger partial charge in [0.05, 0.1) is 11.1 Å².